The summed E-state index contributed by atoms with van der Waals surface area (Å²) in [4.78, 5) is 4.46. The maximum absolute atomic E-state index is 9.23. The van der Waals surface area contributed by atoms with E-state index in [1.54, 1.807) is 0 Å². The Morgan fingerprint density at radius 3 is 2.56 bits per heavy atom. The first-order chi connectivity index (χ1) is 8.44. The van der Waals surface area contributed by atoms with Crippen LogP contribution in [0.2, 0.25) is 0 Å². The second kappa shape index (κ2) is 6.74. The van der Waals surface area contributed by atoms with Crippen LogP contribution in [-0.4, -0.2) is 16.7 Å². The van der Waals surface area contributed by atoms with Gasteiger partial charge in [0.2, 0.25) is 5.88 Å². The number of hydrogen-bond donors (Lipinski definition) is 1. The average Bonchev–Trinajstić information content (AvgIpc) is 2.27. The molecule has 0 aliphatic carbocycles. The highest BCUT2D eigenvalue weighted by Crippen LogP contribution is 2.20. The first-order valence-electron chi connectivity index (χ1n) is 6.68. The summed E-state index contributed by atoms with van der Waals surface area (Å²) in [6, 6.07) is 3.77. The van der Waals surface area contributed by atoms with Gasteiger partial charge in [-0.05, 0) is 29.9 Å². The summed E-state index contributed by atoms with van der Waals surface area (Å²) >= 11 is 0. The summed E-state index contributed by atoms with van der Waals surface area (Å²) in [5, 5.41) is 9.23. The van der Waals surface area contributed by atoms with Gasteiger partial charge in [-0.2, -0.15) is 0 Å². The molecule has 0 aliphatic heterocycles. The second-order valence-corrected chi connectivity index (χ2v) is 5.87. The molecule has 1 heterocycles. The lowest BCUT2D eigenvalue weighted by Crippen LogP contribution is -2.12. The molecule has 0 aromatic carbocycles. The number of aromatic nitrogens is 1. The molecule has 102 valence electrons. The zero-order chi connectivity index (χ0) is 13.6. The maximum atomic E-state index is 9.23. The number of aliphatic hydroxyl groups is 1. The Morgan fingerprint density at radius 2 is 2.00 bits per heavy atom. The summed E-state index contributed by atoms with van der Waals surface area (Å²) in [5.41, 5.74) is 2.13. The van der Waals surface area contributed by atoms with Gasteiger partial charge in [0.05, 0.1) is 13.2 Å². The molecule has 0 fully saturated rings. The Balaban J connectivity index is 2.66. The smallest absolute Gasteiger partial charge is 0.213 e. The van der Waals surface area contributed by atoms with Crippen molar-refractivity contribution >= 4 is 0 Å². The van der Waals surface area contributed by atoms with Crippen LogP contribution in [0.3, 0.4) is 0 Å². The van der Waals surface area contributed by atoms with E-state index in [0.717, 1.165) is 30.5 Å². The van der Waals surface area contributed by atoms with Crippen LogP contribution in [0.5, 0.6) is 5.88 Å². The molecular formula is C15H25NO2. The monoisotopic (exact) mass is 251 g/mol. The molecule has 1 aromatic heterocycles. The fraction of sp³-hybridized carbons (Fsp3) is 0.667. The van der Waals surface area contributed by atoms with Crippen molar-refractivity contribution in [2.24, 2.45) is 5.41 Å². The van der Waals surface area contributed by atoms with E-state index >= 15 is 0 Å². The molecule has 0 bridgehead atoms. The Labute approximate surface area is 110 Å². The number of nitrogens with zero attached hydrogens (tertiary/aromatic N) is 1. The molecule has 0 saturated carbocycles. The van der Waals surface area contributed by atoms with E-state index in [4.69, 9.17) is 4.74 Å². The fourth-order valence-electron chi connectivity index (χ4n) is 1.63. The van der Waals surface area contributed by atoms with Gasteiger partial charge in [0.1, 0.15) is 0 Å². The van der Waals surface area contributed by atoms with Crippen molar-refractivity contribution < 1.29 is 9.84 Å². The molecule has 0 saturated heterocycles. The molecular weight excluding hydrogens is 226 g/mol. The molecule has 1 N–H and O–H groups in total. The van der Waals surface area contributed by atoms with E-state index in [1.807, 2.05) is 12.1 Å². The molecule has 0 aliphatic rings. The largest absolute Gasteiger partial charge is 0.478 e. The minimum Gasteiger partial charge on any atom is -0.478 e. The van der Waals surface area contributed by atoms with Crippen LogP contribution in [0.4, 0.5) is 0 Å². The highest BCUT2D eigenvalue weighted by atomic mass is 16.5. The number of aryl methyl sites for hydroxylation is 1. The van der Waals surface area contributed by atoms with Gasteiger partial charge in [-0.15, -0.1) is 0 Å². The summed E-state index contributed by atoms with van der Waals surface area (Å²) in [7, 11) is 0. The van der Waals surface area contributed by atoms with E-state index in [0.29, 0.717) is 12.5 Å². The fourth-order valence-corrected chi connectivity index (χ4v) is 1.63. The molecule has 0 amide bonds. The molecule has 3 nitrogen and oxygen atoms in total. The Bertz CT molecular complexity index is 369. The third-order valence-corrected chi connectivity index (χ3v) is 2.71. The molecule has 18 heavy (non-hydrogen) atoms. The van der Waals surface area contributed by atoms with Gasteiger partial charge in [0.15, 0.2) is 0 Å². The molecule has 0 spiro atoms. The van der Waals surface area contributed by atoms with Gasteiger partial charge in [-0.1, -0.05) is 34.1 Å². The standard InChI is InChI=1S/C15H25NO2/c1-5-6-13-9-12(11-17)10-14(16-13)18-8-7-15(2,3)4/h9-10,17H,5-8,11H2,1-4H3. The predicted molar refractivity (Wildman–Crippen MR) is 73.7 cm³/mol. The van der Waals surface area contributed by atoms with Gasteiger partial charge < -0.3 is 9.84 Å². The lowest BCUT2D eigenvalue weighted by atomic mass is 9.93. The SMILES string of the molecule is CCCc1cc(CO)cc(OCCC(C)(C)C)n1. The third kappa shape index (κ3) is 5.50. The van der Waals surface area contributed by atoms with Gasteiger partial charge in [0, 0.05) is 11.8 Å². The molecule has 1 aromatic rings. The van der Waals surface area contributed by atoms with Gasteiger partial charge in [-0.3, -0.25) is 0 Å². The van der Waals surface area contributed by atoms with E-state index in [9.17, 15) is 5.11 Å². The number of pyridine rings is 1. The first-order valence-corrected chi connectivity index (χ1v) is 6.68. The van der Waals surface area contributed by atoms with Crippen LogP contribution < -0.4 is 4.74 Å². The molecule has 0 unspecified atom stereocenters. The maximum Gasteiger partial charge on any atom is 0.213 e. The minimum absolute atomic E-state index is 0.0366. The van der Waals surface area contributed by atoms with E-state index in [-0.39, 0.29) is 12.0 Å². The minimum atomic E-state index is 0.0366. The number of aliphatic hydroxyl groups excluding tert-OH is 1. The van der Waals surface area contributed by atoms with Crippen LogP contribution in [0.1, 0.15) is 51.8 Å². The van der Waals surface area contributed by atoms with Gasteiger partial charge >= 0.3 is 0 Å². The Morgan fingerprint density at radius 1 is 1.28 bits per heavy atom. The van der Waals surface area contributed by atoms with Gasteiger partial charge in [-0.25, -0.2) is 4.98 Å². The molecule has 1 rings (SSSR count). The Hall–Kier alpha value is -1.09. The Kier molecular flexibility index (Phi) is 5.60. The normalized spacial score (nSPS) is 11.6. The predicted octanol–water partition coefficient (Wildman–Crippen LogP) is 3.34. The number of ether oxygens (including phenoxy) is 1. The van der Waals surface area contributed by atoms with E-state index in [2.05, 4.69) is 32.7 Å². The van der Waals surface area contributed by atoms with Crippen LogP contribution in [0, 0.1) is 5.41 Å². The summed E-state index contributed by atoms with van der Waals surface area (Å²) in [6.07, 6.45) is 2.95. The van der Waals surface area contributed by atoms with Crippen molar-refractivity contribution in [2.45, 2.75) is 53.6 Å². The molecule has 3 heteroatoms. The highest BCUT2D eigenvalue weighted by molar-refractivity contribution is 5.24. The third-order valence-electron chi connectivity index (χ3n) is 2.71. The van der Waals surface area contributed by atoms with Gasteiger partial charge in [0.25, 0.3) is 0 Å². The van der Waals surface area contributed by atoms with Crippen molar-refractivity contribution in [3.05, 3.63) is 23.4 Å². The van der Waals surface area contributed by atoms with Crippen molar-refractivity contribution in [1.82, 2.24) is 4.98 Å². The summed E-state index contributed by atoms with van der Waals surface area (Å²) < 4.78 is 5.69. The van der Waals surface area contributed by atoms with Crippen molar-refractivity contribution in [1.29, 1.82) is 0 Å². The second-order valence-electron chi connectivity index (χ2n) is 5.87. The van der Waals surface area contributed by atoms with Crippen LogP contribution in [0.15, 0.2) is 12.1 Å². The quantitative estimate of drug-likeness (QED) is 0.843. The number of hydrogen-bond acceptors (Lipinski definition) is 3. The highest BCUT2D eigenvalue weighted by Gasteiger charge is 2.10. The van der Waals surface area contributed by atoms with Crippen molar-refractivity contribution in [3.63, 3.8) is 0 Å². The van der Waals surface area contributed by atoms with Crippen molar-refractivity contribution in [2.75, 3.05) is 6.61 Å². The van der Waals surface area contributed by atoms with Crippen molar-refractivity contribution in [3.8, 4) is 5.88 Å². The average molecular weight is 251 g/mol. The van der Waals surface area contributed by atoms with Crippen LogP contribution in [-0.2, 0) is 13.0 Å². The summed E-state index contributed by atoms with van der Waals surface area (Å²) in [5.74, 6) is 0.634. The topological polar surface area (TPSA) is 42.4 Å². The van der Waals surface area contributed by atoms with E-state index < -0.39 is 0 Å². The number of rotatable bonds is 6. The lowest BCUT2D eigenvalue weighted by Gasteiger charge is -2.18. The summed E-state index contributed by atoms with van der Waals surface area (Å²) in [6.45, 7) is 9.39. The van der Waals surface area contributed by atoms with Crippen LogP contribution in [0.25, 0.3) is 0 Å². The lowest BCUT2D eigenvalue weighted by molar-refractivity contribution is 0.234. The molecule has 0 radical (unpaired) electrons. The van der Waals surface area contributed by atoms with E-state index in [1.165, 1.54) is 0 Å². The first kappa shape index (κ1) is 15.0. The van der Waals surface area contributed by atoms with Crippen LogP contribution >= 0.6 is 0 Å². The zero-order valence-electron chi connectivity index (χ0n) is 12.0. The molecule has 0 atom stereocenters. The zero-order valence-corrected chi connectivity index (χ0v) is 12.0.